The zero-order chi connectivity index (χ0) is 23.1. The first-order valence-electron chi connectivity index (χ1n) is 10.7. The minimum Gasteiger partial charge on any atom is -0.298 e. The van der Waals surface area contributed by atoms with Gasteiger partial charge in [-0.05, 0) is 62.9 Å². The Labute approximate surface area is 189 Å². The van der Waals surface area contributed by atoms with Crippen molar-refractivity contribution >= 4 is 23.8 Å². The van der Waals surface area contributed by atoms with Gasteiger partial charge >= 0.3 is 0 Å². The van der Waals surface area contributed by atoms with Gasteiger partial charge in [-0.2, -0.15) is 0 Å². The number of piperazine rings is 1. The Balaban J connectivity index is 1.65. The first-order valence-corrected chi connectivity index (χ1v) is 10.7. The third-order valence-electron chi connectivity index (χ3n) is 5.77. The minimum absolute atomic E-state index is 0.0885. The molecule has 2 atom stereocenters. The van der Waals surface area contributed by atoms with Crippen LogP contribution >= 0.6 is 0 Å². The fraction of sp³-hybridized carbons (Fsp3) is 0.320. The number of pyridine rings is 1. The molecule has 0 saturated carbocycles. The minimum atomic E-state index is -0.636. The number of benzene rings is 1. The third kappa shape index (κ3) is 6.43. The molecule has 0 aliphatic carbocycles. The molecule has 7 heteroatoms. The first kappa shape index (κ1) is 23.5. The van der Waals surface area contributed by atoms with Crippen LogP contribution in [0.2, 0.25) is 0 Å². The van der Waals surface area contributed by atoms with E-state index in [4.69, 9.17) is 5.21 Å². The molecule has 3 rings (SSSR count). The molecule has 168 valence electrons. The summed E-state index contributed by atoms with van der Waals surface area (Å²) in [6, 6.07) is 14.1. The summed E-state index contributed by atoms with van der Waals surface area (Å²) in [5.74, 6) is -0.724. The summed E-state index contributed by atoms with van der Waals surface area (Å²) < 4.78 is 0. The van der Waals surface area contributed by atoms with Gasteiger partial charge in [-0.1, -0.05) is 24.3 Å². The van der Waals surface area contributed by atoms with Crippen LogP contribution in [0.25, 0.3) is 12.2 Å². The van der Waals surface area contributed by atoms with Gasteiger partial charge in [0.25, 0.3) is 5.91 Å². The molecule has 0 spiro atoms. The first-order chi connectivity index (χ1) is 15.4. The van der Waals surface area contributed by atoms with E-state index in [9.17, 15) is 9.59 Å². The van der Waals surface area contributed by atoms with Crippen LogP contribution in [-0.2, 0) is 11.3 Å². The van der Waals surface area contributed by atoms with Gasteiger partial charge in [-0.3, -0.25) is 24.6 Å². The average molecular weight is 435 g/mol. The normalized spacial score (nSPS) is 20.1. The van der Waals surface area contributed by atoms with E-state index in [1.807, 2.05) is 18.2 Å². The predicted octanol–water partition coefficient (Wildman–Crippen LogP) is 3.02. The maximum atomic E-state index is 12.7. The molecule has 1 amide bonds. The van der Waals surface area contributed by atoms with E-state index in [-0.39, 0.29) is 5.78 Å². The van der Waals surface area contributed by atoms with E-state index in [0.29, 0.717) is 29.0 Å². The lowest BCUT2D eigenvalue weighted by Gasteiger charge is -2.42. The number of allylic oxidation sites excluding steroid dienone is 1. The van der Waals surface area contributed by atoms with Crippen molar-refractivity contribution in [1.29, 1.82) is 0 Å². The Morgan fingerprint density at radius 2 is 1.69 bits per heavy atom. The molecule has 32 heavy (non-hydrogen) atoms. The number of aromatic nitrogens is 1. The van der Waals surface area contributed by atoms with Crippen LogP contribution in [0.15, 0.2) is 54.6 Å². The highest BCUT2D eigenvalue weighted by atomic mass is 16.5. The van der Waals surface area contributed by atoms with E-state index in [2.05, 4.69) is 41.7 Å². The number of ketones is 1. The van der Waals surface area contributed by atoms with Crippen LogP contribution in [0.3, 0.4) is 0 Å². The second-order valence-corrected chi connectivity index (χ2v) is 8.25. The highest BCUT2D eigenvalue weighted by Crippen LogP contribution is 2.17. The van der Waals surface area contributed by atoms with Crippen molar-refractivity contribution in [2.24, 2.45) is 0 Å². The molecular formula is C25H30N4O3. The lowest BCUT2D eigenvalue weighted by Crippen LogP contribution is -2.54. The summed E-state index contributed by atoms with van der Waals surface area (Å²) in [7, 11) is 2.17. The number of carbonyl (C=O) groups is 2. The third-order valence-corrected chi connectivity index (χ3v) is 5.77. The molecule has 2 aromatic rings. The van der Waals surface area contributed by atoms with Gasteiger partial charge in [0.05, 0.1) is 11.4 Å². The Morgan fingerprint density at radius 3 is 2.34 bits per heavy atom. The van der Waals surface area contributed by atoms with Crippen LogP contribution in [0.5, 0.6) is 0 Å². The van der Waals surface area contributed by atoms with Gasteiger partial charge in [0.15, 0.2) is 5.78 Å². The summed E-state index contributed by atoms with van der Waals surface area (Å²) in [6.07, 6.45) is 5.82. The van der Waals surface area contributed by atoms with Crippen LogP contribution in [-0.4, -0.2) is 63.9 Å². The van der Waals surface area contributed by atoms with E-state index in [1.54, 1.807) is 24.3 Å². The molecule has 1 aliphatic rings. The second-order valence-electron chi connectivity index (χ2n) is 8.25. The molecule has 1 aromatic heterocycles. The van der Waals surface area contributed by atoms with Crippen molar-refractivity contribution in [3.05, 3.63) is 77.1 Å². The van der Waals surface area contributed by atoms with Crippen molar-refractivity contribution in [1.82, 2.24) is 20.3 Å². The molecule has 1 saturated heterocycles. The summed E-state index contributed by atoms with van der Waals surface area (Å²) >= 11 is 0. The van der Waals surface area contributed by atoms with Crippen LogP contribution < -0.4 is 5.48 Å². The number of nitrogens with zero attached hydrogens (tertiary/aromatic N) is 3. The van der Waals surface area contributed by atoms with Gasteiger partial charge in [-0.25, -0.2) is 10.5 Å². The molecule has 2 heterocycles. The fourth-order valence-electron chi connectivity index (χ4n) is 3.83. The number of carbonyl (C=O) groups excluding carboxylic acids is 2. The number of nitrogens with one attached hydrogen (secondary N) is 1. The van der Waals surface area contributed by atoms with Gasteiger partial charge < -0.3 is 0 Å². The Hall–Kier alpha value is -3.13. The number of likely N-dealkylation sites (N-methyl/N-ethyl adjacent to an activating group) is 1. The molecule has 0 radical (unpaired) electrons. The molecule has 2 N–H and O–H groups in total. The molecule has 1 aromatic carbocycles. The SMILES string of the molecule is C[C@@H]1CN(Cc2cccc(C(=O)/C=C/c3cccc(/C=C/C(=O)NO)n3)c2)C[C@H](C)N1C. The molecule has 0 unspecified atom stereocenters. The van der Waals surface area contributed by atoms with E-state index in [1.165, 1.54) is 23.7 Å². The Bertz CT molecular complexity index is 1010. The molecule has 0 bridgehead atoms. The quantitative estimate of drug-likeness (QED) is 0.302. The number of hydroxylamine groups is 1. The average Bonchev–Trinajstić information content (AvgIpc) is 2.79. The summed E-state index contributed by atoms with van der Waals surface area (Å²) in [5, 5.41) is 8.54. The molecule has 1 fully saturated rings. The number of hydrogen-bond donors (Lipinski definition) is 2. The van der Waals surface area contributed by atoms with Crippen molar-refractivity contribution in [3.8, 4) is 0 Å². The van der Waals surface area contributed by atoms with Gasteiger partial charge in [-0.15, -0.1) is 0 Å². The monoisotopic (exact) mass is 434 g/mol. The predicted molar refractivity (Wildman–Crippen MR) is 125 cm³/mol. The topological polar surface area (TPSA) is 85.8 Å². The van der Waals surface area contributed by atoms with Crippen LogP contribution in [0, 0.1) is 0 Å². The molecule has 1 aliphatic heterocycles. The van der Waals surface area contributed by atoms with Gasteiger partial charge in [0.1, 0.15) is 0 Å². The fourth-order valence-corrected chi connectivity index (χ4v) is 3.83. The highest BCUT2D eigenvalue weighted by molar-refractivity contribution is 6.06. The Morgan fingerprint density at radius 1 is 1.06 bits per heavy atom. The zero-order valence-electron chi connectivity index (χ0n) is 18.7. The van der Waals surface area contributed by atoms with Crippen LogP contribution in [0.4, 0.5) is 0 Å². The van der Waals surface area contributed by atoms with Crippen molar-refractivity contribution in [3.63, 3.8) is 0 Å². The van der Waals surface area contributed by atoms with E-state index in [0.717, 1.165) is 25.2 Å². The number of hydrogen-bond acceptors (Lipinski definition) is 6. The zero-order valence-corrected chi connectivity index (χ0v) is 18.7. The van der Waals surface area contributed by atoms with E-state index < -0.39 is 5.91 Å². The van der Waals surface area contributed by atoms with E-state index >= 15 is 0 Å². The van der Waals surface area contributed by atoms with Gasteiger partial charge in [0.2, 0.25) is 0 Å². The Kier molecular flexibility index (Phi) is 8.05. The van der Waals surface area contributed by atoms with Crippen LogP contribution in [0.1, 0.15) is 41.2 Å². The largest absolute Gasteiger partial charge is 0.298 e. The lowest BCUT2D eigenvalue weighted by atomic mass is 10.0. The maximum absolute atomic E-state index is 12.7. The van der Waals surface area contributed by atoms with Gasteiger partial charge in [0, 0.05) is 43.4 Å². The maximum Gasteiger partial charge on any atom is 0.267 e. The summed E-state index contributed by atoms with van der Waals surface area (Å²) in [4.78, 5) is 33.0. The highest BCUT2D eigenvalue weighted by Gasteiger charge is 2.26. The molecular weight excluding hydrogens is 404 g/mol. The standard InChI is InChI=1S/C25H30N4O3/c1-18-15-29(16-19(2)28(18)3)17-20-6-4-7-21(14-20)24(30)12-10-22-8-5-9-23(26-22)11-13-25(31)27-32/h4-14,18-19,32H,15-17H2,1-3H3,(H,27,31)/b12-10+,13-11+/t18-,19+. The smallest absolute Gasteiger partial charge is 0.267 e. The number of rotatable bonds is 7. The van der Waals surface area contributed by atoms with Crippen molar-refractivity contribution in [2.45, 2.75) is 32.5 Å². The van der Waals surface area contributed by atoms with Crippen molar-refractivity contribution < 1.29 is 14.8 Å². The summed E-state index contributed by atoms with van der Waals surface area (Å²) in [6.45, 7) is 7.33. The molecule has 7 nitrogen and oxygen atoms in total. The lowest BCUT2D eigenvalue weighted by molar-refractivity contribution is -0.124. The summed E-state index contributed by atoms with van der Waals surface area (Å²) in [5.41, 5.74) is 4.44. The second kappa shape index (κ2) is 10.9. The van der Waals surface area contributed by atoms with Crippen molar-refractivity contribution in [2.75, 3.05) is 20.1 Å². The number of amides is 1.